The molecule has 4 rings (SSSR count). The molecule has 9 heteroatoms. The number of para-hydroxylation sites is 2. The van der Waals surface area contributed by atoms with Crippen LogP contribution in [0, 0.1) is 0 Å². The van der Waals surface area contributed by atoms with Gasteiger partial charge in [0.25, 0.3) is 0 Å². The number of urea groups is 1. The second-order valence-electron chi connectivity index (χ2n) is 7.58. The minimum Gasteiger partial charge on any atom is -0.495 e. The summed E-state index contributed by atoms with van der Waals surface area (Å²) in [5.74, 6) is 0.857. The van der Waals surface area contributed by atoms with Crippen LogP contribution in [-0.4, -0.2) is 93.1 Å². The van der Waals surface area contributed by atoms with Crippen molar-refractivity contribution in [1.29, 1.82) is 0 Å². The van der Waals surface area contributed by atoms with Crippen molar-refractivity contribution >= 4 is 11.7 Å². The van der Waals surface area contributed by atoms with Crippen molar-refractivity contribution < 1.29 is 24.1 Å². The maximum Gasteiger partial charge on any atom is 0.315 e. The van der Waals surface area contributed by atoms with E-state index in [0.29, 0.717) is 13.2 Å². The number of piperazine rings is 1. The molecule has 0 unspecified atom stereocenters. The molecule has 0 radical (unpaired) electrons. The summed E-state index contributed by atoms with van der Waals surface area (Å²) in [6.07, 6.45) is -1.56. The Labute approximate surface area is 170 Å². The number of hydrogen-bond acceptors (Lipinski definition) is 7. The maximum absolute atomic E-state index is 12.0. The lowest BCUT2D eigenvalue weighted by Crippen LogP contribution is -2.67. The van der Waals surface area contributed by atoms with E-state index in [-0.39, 0.29) is 18.2 Å². The summed E-state index contributed by atoms with van der Waals surface area (Å²) in [5.41, 5.74) is 1.07. The summed E-state index contributed by atoms with van der Waals surface area (Å²) in [4.78, 5) is 16.5. The van der Waals surface area contributed by atoms with Gasteiger partial charge < -0.3 is 34.9 Å². The third-order valence-electron chi connectivity index (χ3n) is 5.93. The van der Waals surface area contributed by atoms with Crippen molar-refractivity contribution in [3.05, 3.63) is 24.3 Å². The minimum atomic E-state index is -0.762. The Morgan fingerprint density at radius 3 is 2.76 bits per heavy atom. The van der Waals surface area contributed by atoms with Gasteiger partial charge in [0.15, 0.2) is 6.29 Å². The molecule has 5 atom stereocenters. The molecule has 0 saturated carbocycles. The molecule has 160 valence electrons. The molecule has 3 heterocycles. The van der Waals surface area contributed by atoms with Gasteiger partial charge in [0.1, 0.15) is 11.9 Å². The Hall–Kier alpha value is -2.07. The van der Waals surface area contributed by atoms with Gasteiger partial charge in [0.05, 0.1) is 37.6 Å². The molecule has 0 spiro atoms. The van der Waals surface area contributed by atoms with Gasteiger partial charge in [-0.25, -0.2) is 4.79 Å². The molecule has 1 aromatic rings. The Balaban J connectivity index is 1.42. The highest BCUT2D eigenvalue weighted by atomic mass is 16.7. The minimum absolute atomic E-state index is 0.301. The van der Waals surface area contributed by atoms with E-state index in [1.807, 2.05) is 25.1 Å². The highest BCUT2D eigenvalue weighted by Gasteiger charge is 2.52. The van der Waals surface area contributed by atoms with E-state index in [0.717, 1.165) is 37.6 Å². The summed E-state index contributed by atoms with van der Waals surface area (Å²) in [5, 5.41) is 16.6. The van der Waals surface area contributed by atoms with Gasteiger partial charge in [-0.2, -0.15) is 0 Å². The molecule has 9 nitrogen and oxygen atoms in total. The van der Waals surface area contributed by atoms with E-state index in [1.54, 1.807) is 7.11 Å². The summed E-state index contributed by atoms with van der Waals surface area (Å²) in [6.45, 7) is 5.85. The topological polar surface area (TPSA) is 95.5 Å². The quantitative estimate of drug-likeness (QED) is 0.633. The summed E-state index contributed by atoms with van der Waals surface area (Å²) in [7, 11) is 1.68. The lowest BCUT2D eigenvalue weighted by Gasteiger charge is -2.47. The Morgan fingerprint density at radius 2 is 2.03 bits per heavy atom. The fourth-order valence-electron chi connectivity index (χ4n) is 4.48. The summed E-state index contributed by atoms with van der Waals surface area (Å²) in [6, 6.07) is 6.87. The first-order valence-electron chi connectivity index (χ1n) is 10.2. The van der Waals surface area contributed by atoms with E-state index in [4.69, 9.17) is 14.2 Å². The molecule has 3 aliphatic heterocycles. The zero-order chi connectivity index (χ0) is 20.4. The summed E-state index contributed by atoms with van der Waals surface area (Å²) >= 11 is 0. The monoisotopic (exact) mass is 406 g/mol. The maximum atomic E-state index is 12.0. The van der Waals surface area contributed by atoms with Gasteiger partial charge in [-0.3, -0.25) is 4.90 Å². The van der Waals surface area contributed by atoms with Gasteiger partial charge in [0.2, 0.25) is 0 Å². The Kier molecular flexibility index (Phi) is 6.09. The summed E-state index contributed by atoms with van der Waals surface area (Å²) < 4.78 is 17.3. The number of methoxy groups -OCH3 is 1. The number of nitrogens with one attached hydrogen (secondary N) is 2. The molecule has 3 saturated heterocycles. The van der Waals surface area contributed by atoms with Crippen molar-refractivity contribution in [3.8, 4) is 5.75 Å². The fourth-order valence-corrected chi connectivity index (χ4v) is 4.48. The van der Waals surface area contributed by atoms with Crippen LogP contribution >= 0.6 is 0 Å². The van der Waals surface area contributed by atoms with Gasteiger partial charge >= 0.3 is 6.03 Å². The van der Waals surface area contributed by atoms with Gasteiger partial charge in [-0.15, -0.1) is 0 Å². The molecule has 0 aromatic heterocycles. The predicted molar refractivity (Wildman–Crippen MR) is 107 cm³/mol. The predicted octanol–water partition coefficient (Wildman–Crippen LogP) is -0.0105. The number of fused-ring (bicyclic) bond motifs is 2. The number of ether oxygens (including phenoxy) is 3. The van der Waals surface area contributed by atoms with Crippen LogP contribution < -0.4 is 20.3 Å². The normalized spacial score (nSPS) is 32.1. The first-order chi connectivity index (χ1) is 14.1. The van der Waals surface area contributed by atoms with Crippen molar-refractivity contribution in [3.63, 3.8) is 0 Å². The standard InChI is InChI=1S/C20H30N4O5/c1-3-21-20(26)22-16-15-12-28-19(29-15)17(18(16)25)24-10-8-23(9-11-24)13-6-4-5-7-14(13)27-2/h4-7,15-19,25H,3,8-12H2,1-2H3,(H2,21,22,26)/t15-,16-,17-,18+,19-/m1/s1. The van der Waals surface area contributed by atoms with Crippen LogP contribution in [0.4, 0.5) is 10.5 Å². The molecule has 1 aromatic carbocycles. The number of nitrogens with zero attached hydrogens (tertiary/aromatic N) is 2. The van der Waals surface area contributed by atoms with Crippen molar-refractivity contribution in [2.75, 3.05) is 51.3 Å². The Morgan fingerprint density at radius 1 is 1.28 bits per heavy atom. The van der Waals surface area contributed by atoms with E-state index in [1.165, 1.54) is 0 Å². The number of amides is 2. The van der Waals surface area contributed by atoms with Crippen molar-refractivity contribution in [2.45, 2.75) is 37.5 Å². The van der Waals surface area contributed by atoms with Gasteiger partial charge in [-0.1, -0.05) is 12.1 Å². The van der Waals surface area contributed by atoms with Crippen LogP contribution in [0.1, 0.15) is 6.92 Å². The second kappa shape index (κ2) is 8.74. The zero-order valence-corrected chi connectivity index (χ0v) is 16.9. The third kappa shape index (κ3) is 4.00. The van der Waals surface area contributed by atoms with Crippen LogP contribution in [0.2, 0.25) is 0 Å². The number of anilines is 1. The number of aliphatic hydroxyl groups is 1. The SMILES string of the molecule is CCNC(=O)N[C@H]1[C@H](O)[C@@H](N2CCN(c3ccccc3OC)CC2)[C@@H]2OC[C@H]1O2. The van der Waals surface area contributed by atoms with Crippen LogP contribution in [-0.2, 0) is 9.47 Å². The molecule has 2 amide bonds. The average molecular weight is 406 g/mol. The second-order valence-corrected chi connectivity index (χ2v) is 7.58. The number of aliphatic hydroxyl groups excluding tert-OH is 1. The van der Waals surface area contributed by atoms with Gasteiger partial charge in [0, 0.05) is 32.7 Å². The van der Waals surface area contributed by atoms with E-state index in [9.17, 15) is 9.90 Å². The molecular formula is C20H30N4O5. The molecule has 0 aliphatic carbocycles. The third-order valence-corrected chi connectivity index (χ3v) is 5.93. The average Bonchev–Trinajstić information content (AvgIpc) is 3.17. The molecule has 3 fully saturated rings. The smallest absolute Gasteiger partial charge is 0.315 e. The number of hydrogen-bond donors (Lipinski definition) is 3. The zero-order valence-electron chi connectivity index (χ0n) is 16.9. The lowest BCUT2D eigenvalue weighted by atomic mass is 9.94. The molecule has 3 aliphatic rings. The number of rotatable bonds is 5. The van der Waals surface area contributed by atoms with Crippen LogP contribution in [0.25, 0.3) is 0 Å². The van der Waals surface area contributed by atoms with E-state index < -0.39 is 18.4 Å². The van der Waals surface area contributed by atoms with Gasteiger partial charge in [-0.05, 0) is 19.1 Å². The van der Waals surface area contributed by atoms with Crippen LogP contribution in [0.15, 0.2) is 24.3 Å². The van der Waals surface area contributed by atoms with Crippen molar-refractivity contribution in [2.24, 2.45) is 0 Å². The number of carbonyl (C=O) groups is 1. The molecular weight excluding hydrogens is 376 g/mol. The fraction of sp³-hybridized carbons (Fsp3) is 0.650. The first kappa shape index (κ1) is 20.2. The largest absolute Gasteiger partial charge is 0.495 e. The van der Waals surface area contributed by atoms with Crippen LogP contribution in [0.3, 0.4) is 0 Å². The molecule has 2 bridgehead atoms. The lowest BCUT2D eigenvalue weighted by molar-refractivity contribution is -0.181. The number of benzene rings is 1. The molecule has 29 heavy (non-hydrogen) atoms. The van der Waals surface area contributed by atoms with E-state index >= 15 is 0 Å². The highest BCUT2D eigenvalue weighted by Crippen LogP contribution is 2.33. The first-order valence-corrected chi connectivity index (χ1v) is 10.2. The highest BCUT2D eigenvalue weighted by molar-refractivity contribution is 5.74. The Bertz CT molecular complexity index is 712. The van der Waals surface area contributed by atoms with E-state index in [2.05, 4.69) is 26.5 Å². The number of carbonyl (C=O) groups excluding carboxylic acids is 1. The van der Waals surface area contributed by atoms with Crippen LogP contribution in [0.5, 0.6) is 5.75 Å². The molecule has 3 N–H and O–H groups in total. The van der Waals surface area contributed by atoms with Crippen molar-refractivity contribution in [1.82, 2.24) is 15.5 Å².